The summed E-state index contributed by atoms with van der Waals surface area (Å²) in [5.74, 6) is -1.76. The molecule has 0 saturated heterocycles. The van der Waals surface area contributed by atoms with Gasteiger partial charge in [0.2, 0.25) is 5.82 Å². The summed E-state index contributed by atoms with van der Waals surface area (Å²) in [7, 11) is 0. The average molecular weight is 226 g/mol. The van der Waals surface area contributed by atoms with Gasteiger partial charge in [-0.05, 0) is 5.92 Å². The first-order valence-corrected chi connectivity index (χ1v) is 4.95. The molecule has 7 heteroatoms. The molecular weight excluding hydrogens is 212 g/mol. The lowest BCUT2D eigenvalue weighted by atomic mass is 9.99. The third-order valence-corrected chi connectivity index (χ3v) is 2.40. The van der Waals surface area contributed by atoms with Crippen molar-refractivity contribution in [2.75, 3.05) is 0 Å². The molecule has 88 valence electrons. The molecule has 16 heavy (non-hydrogen) atoms. The summed E-state index contributed by atoms with van der Waals surface area (Å²) in [6.45, 7) is 3.63. The third-order valence-electron chi connectivity index (χ3n) is 2.40. The van der Waals surface area contributed by atoms with Crippen molar-refractivity contribution in [3.8, 4) is 0 Å². The first kappa shape index (κ1) is 12.2. The predicted molar refractivity (Wildman–Crippen MR) is 54.7 cm³/mol. The van der Waals surface area contributed by atoms with Gasteiger partial charge in [0.25, 0.3) is 5.91 Å². The van der Waals surface area contributed by atoms with Crippen LogP contribution in [0.3, 0.4) is 0 Å². The van der Waals surface area contributed by atoms with E-state index >= 15 is 0 Å². The minimum Gasteiger partial charge on any atom is -0.480 e. The van der Waals surface area contributed by atoms with Crippen molar-refractivity contribution in [3.63, 3.8) is 0 Å². The van der Waals surface area contributed by atoms with E-state index in [-0.39, 0.29) is 11.7 Å². The lowest BCUT2D eigenvalue weighted by Gasteiger charge is -2.19. The molecule has 1 aromatic rings. The summed E-state index contributed by atoms with van der Waals surface area (Å²) in [5, 5.41) is 17.2. The maximum Gasteiger partial charge on any atom is 0.326 e. The zero-order valence-corrected chi connectivity index (χ0v) is 9.10. The van der Waals surface area contributed by atoms with Gasteiger partial charge in [-0.2, -0.15) is 5.10 Å². The number of hydrogen-bond donors (Lipinski definition) is 3. The second kappa shape index (κ2) is 5.24. The molecule has 2 unspecified atom stereocenters. The topological polar surface area (TPSA) is 108 Å². The Bertz CT molecular complexity index is 363. The maximum atomic E-state index is 11.5. The number of nitrogens with zero attached hydrogens (tertiary/aromatic N) is 2. The zero-order chi connectivity index (χ0) is 12.1. The summed E-state index contributed by atoms with van der Waals surface area (Å²) in [6, 6.07) is -0.914. The minimum absolute atomic E-state index is 0.00885. The largest absolute Gasteiger partial charge is 0.480 e. The van der Waals surface area contributed by atoms with Gasteiger partial charge in [0.05, 0.1) is 0 Å². The van der Waals surface area contributed by atoms with E-state index in [1.807, 2.05) is 6.92 Å². The van der Waals surface area contributed by atoms with Gasteiger partial charge in [0.15, 0.2) is 0 Å². The Labute approximate surface area is 92.3 Å². The van der Waals surface area contributed by atoms with E-state index in [1.165, 1.54) is 6.33 Å². The van der Waals surface area contributed by atoms with E-state index in [0.717, 1.165) is 0 Å². The molecule has 0 spiro atoms. The molecule has 0 aliphatic rings. The Morgan fingerprint density at radius 2 is 2.31 bits per heavy atom. The highest BCUT2D eigenvalue weighted by Crippen LogP contribution is 2.08. The van der Waals surface area contributed by atoms with Gasteiger partial charge in [-0.1, -0.05) is 20.3 Å². The van der Waals surface area contributed by atoms with Crippen LogP contribution in [0.2, 0.25) is 0 Å². The van der Waals surface area contributed by atoms with Crippen LogP contribution in [0.15, 0.2) is 6.33 Å². The fourth-order valence-electron chi connectivity index (χ4n) is 1.21. The average Bonchev–Trinajstić information content (AvgIpc) is 2.77. The molecule has 0 aliphatic carbocycles. The van der Waals surface area contributed by atoms with Crippen LogP contribution in [-0.4, -0.2) is 38.2 Å². The molecule has 7 nitrogen and oxygen atoms in total. The van der Waals surface area contributed by atoms with Crippen molar-refractivity contribution in [3.05, 3.63) is 12.2 Å². The van der Waals surface area contributed by atoms with E-state index < -0.39 is 17.9 Å². The Balaban J connectivity index is 2.69. The highest BCUT2D eigenvalue weighted by Gasteiger charge is 2.26. The lowest BCUT2D eigenvalue weighted by molar-refractivity contribution is -0.140. The monoisotopic (exact) mass is 226 g/mol. The van der Waals surface area contributed by atoms with Crippen LogP contribution in [0.4, 0.5) is 0 Å². The number of aromatic nitrogens is 3. The number of hydrogen-bond acceptors (Lipinski definition) is 4. The zero-order valence-electron chi connectivity index (χ0n) is 9.10. The number of rotatable bonds is 5. The number of aliphatic carboxylic acids is 1. The normalized spacial score (nSPS) is 14.1. The third kappa shape index (κ3) is 2.78. The molecule has 3 N–H and O–H groups in total. The van der Waals surface area contributed by atoms with Crippen LogP contribution in [0, 0.1) is 5.92 Å². The van der Waals surface area contributed by atoms with Gasteiger partial charge in [-0.15, -0.1) is 0 Å². The van der Waals surface area contributed by atoms with Crippen LogP contribution in [0.1, 0.15) is 30.9 Å². The molecule has 0 aliphatic heterocycles. The van der Waals surface area contributed by atoms with Crippen molar-refractivity contribution in [2.45, 2.75) is 26.3 Å². The molecule has 0 radical (unpaired) electrons. The standard InChI is InChI=1S/C9H14N4O3/c1-3-5(2)6(9(15)16)12-8(14)7-10-4-11-13-7/h4-6H,3H2,1-2H3,(H,12,14)(H,15,16)(H,10,11,13). The maximum absolute atomic E-state index is 11.5. The van der Waals surface area contributed by atoms with E-state index in [9.17, 15) is 9.59 Å². The van der Waals surface area contributed by atoms with Gasteiger partial charge in [-0.3, -0.25) is 9.89 Å². The molecule has 1 rings (SSSR count). The van der Waals surface area contributed by atoms with Crippen molar-refractivity contribution in [2.24, 2.45) is 5.92 Å². The Morgan fingerprint density at radius 1 is 1.62 bits per heavy atom. The number of carboxylic acids is 1. The minimum atomic E-state index is -1.05. The first-order valence-electron chi connectivity index (χ1n) is 4.95. The number of nitrogens with one attached hydrogen (secondary N) is 2. The van der Waals surface area contributed by atoms with Gasteiger partial charge in [-0.25, -0.2) is 9.78 Å². The molecule has 1 aromatic heterocycles. The number of carboxylic acid groups (broad SMARTS) is 1. The number of carbonyl (C=O) groups excluding carboxylic acids is 1. The molecule has 0 aromatic carbocycles. The van der Waals surface area contributed by atoms with Crippen molar-refractivity contribution in [1.29, 1.82) is 0 Å². The summed E-state index contributed by atoms with van der Waals surface area (Å²) in [5.41, 5.74) is 0. The van der Waals surface area contributed by atoms with E-state index in [2.05, 4.69) is 20.5 Å². The van der Waals surface area contributed by atoms with Crippen LogP contribution in [0.5, 0.6) is 0 Å². The summed E-state index contributed by atoms with van der Waals surface area (Å²) >= 11 is 0. The summed E-state index contributed by atoms with van der Waals surface area (Å²) in [4.78, 5) is 26.1. The summed E-state index contributed by atoms with van der Waals surface area (Å²) < 4.78 is 0. The molecular formula is C9H14N4O3. The molecule has 0 bridgehead atoms. The van der Waals surface area contributed by atoms with Gasteiger partial charge in [0.1, 0.15) is 12.4 Å². The number of amides is 1. The smallest absolute Gasteiger partial charge is 0.326 e. The Morgan fingerprint density at radius 3 is 2.75 bits per heavy atom. The molecule has 1 heterocycles. The van der Waals surface area contributed by atoms with Crippen molar-refractivity contribution >= 4 is 11.9 Å². The highest BCUT2D eigenvalue weighted by molar-refractivity contribution is 5.93. The van der Waals surface area contributed by atoms with Gasteiger partial charge in [0, 0.05) is 0 Å². The number of carbonyl (C=O) groups is 2. The Hall–Kier alpha value is -1.92. The second-order valence-corrected chi connectivity index (χ2v) is 3.51. The molecule has 1 amide bonds. The van der Waals surface area contributed by atoms with Crippen molar-refractivity contribution in [1.82, 2.24) is 20.5 Å². The Kier molecular flexibility index (Phi) is 3.98. The summed E-state index contributed by atoms with van der Waals surface area (Å²) in [6.07, 6.45) is 1.85. The fraction of sp³-hybridized carbons (Fsp3) is 0.556. The van der Waals surface area contributed by atoms with E-state index in [0.29, 0.717) is 6.42 Å². The lowest BCUT2D eigenvalue weighted by Crippen LogP contribution is -2.45. The van der Waals surface area contributed by atoms with Gasteiger partial charge >= 0.3 is 5.97 Å². The number of H-pyrrole nitrogens is 1. The predicted octanol–water partition coefficient (Wildman–Crippen LogP) is 0.0338. The number of aromatic amines is 1. The van der Waals surface area contributed by atoms with Crippen LogP contribution < -0.4 is 5.32 Å². The molecule has 0 fully saturated rings. The van der Waals surface area contributed by atoms with E-state index in [4.69, 9.17) is 5.11 Å². The molecule has 2 atom stereocenters. The van der Waals surface area contributed by atoms with Crippen molar-refractivity contribution < 1.29 is 14.7 Å². The second-order valence-electron chi connectivity index (χ2n) is 3.51. The van der Waals surface area contributed by atoms with Crippen LogP contribution in [-0.2, 0) is 4.79 Å². The van der Waals surface area contributed by atoms with Crippen LogP contribution in [0.25, 0.3) is 0 Å². The SMILES string of the molecule is CCC(C)C(NC(=O)c1ncn[nH]1)C(=O)O. The quantitative estimate of drug-likeness (QED) is 0.656. The van der Waals surface area contributed by atoms with E-state index in [1.54, 1.807) is 6.92 Å². The van der Waals surface area contributed by atoms with Gasteiger partial charge < -0.3 is 10.4 Å². The van der Waals surface area contributed by atoms with Crippen LogP contribution >= 0.6 is 0 Å². The molecule has 0 saturated carbocycles. The fourth-order valence-corrected chi connectivity index (χ4v) is 1.21. The first-order chi connectivity index (χ1) is 7.56. The highest BCUT2D eigenvalue weighted by atomic mass is 16.4.